The number of benzene rings is 1. The van der Waals surface area contributed by atoms with E-state index in [1.165, 1.54) is 18.3 Å². The highest BCUT2D eigenvalue weighted by atomic mass is 19.1. The summed E-state index contributed by atoms with van der Waals surface area (Å²) < 4.78 is 14.0. The molecule has 2 amide bonds. The maximum Gasteiger partial charge on any atom is 0.270 e. The van der Waals surface area contributed by atoms with Gasteiger partial charge >= 0.3 is 0 Å². The Hall–Kier alpha value is -3.55. The van der Waals surface area contributed by atoms with E-state index in [0.29, 0.717) is 30.6 Å². The van der Waals surface area contributed by atoms with Gasteiger partial charge in [-0.3, -0.25) is 19.6 Å². The highest BCUT2D eigenvalue weighted by Gasteiger charge is 2.22. The van der Waals surface area contributed by atoms with Crippen LogP contribution in [0, 0.1) is 5.82 Å². The molecule has 30 heavy (non-hydrogen) atoms. The van der Waals surface area contributed by atoms with Crippen molar-refractivity contribution in [3.63, 3.8) is 0 Å². The second-order valence-electron chi connectivity index (χ2n) is 6.96. The average Bonchev–Trinajstić information content (AvgIpc) is 3.17. The second-order valence-corrected chi connectivity index (χ2v) is 6.96. The van der Waals surface area contributed by atoms with Gasteiger partial charge in [0.15, 0.2) is 0 Å². The Bertz CT molecular complexity index is 976. The number of nitrogens with zero attached hydrogens (tertiary/aromatic N) is 4. The third-order valence-electron chi connectivity index (χ3n) is 4.69. The minimum Gasteiger partial charge on any atom is -0.347 e. The Morgan fingerprint density at radius 2 is 2.17 bits per heavy atom. The van der Waals surface area contributed by atoms with Gasteiger partial charge in [-0.25, -0.2) is 4.39 Å². The van der Waals surface area contributed by atoms with Gasteiger partial charge in [0.05, 0.1) is 0 Å². The average molecular weight is 409 g/mol. The van der Waals surface area contributed by atoms with Gasteiger partial charge in [-0.15, -0.1) is 0 Å². The van der Waals surface area contributed by atoms with E-state index in [9.17, 15) is 14.0 Å². The van der Waals surface area contributed by atoms with Crippen molar-refractivity contribution >= 4 is 23.7 Å². The lowest BCUT2D eigenvalue weighted by Crippen LogP contribution is -2.26. The summed E-state index contributed by atoms with van der Waals surface area (Å²) in [6.45, 7) is 4.39. The van der Waals surface area contributed by atoms with Crippen LogP contribution < -0.4 is 10.2 Å². The predicted octanol–water partition coefficient (Wildman–Crippen LogP) is 2.88. The summed E-state index contributed by atoms with van der Waals surface area (Å²) in [6, 6.07) is 7.94. The lowest BCUT2D eigenvalue weighted by Gasteiger charge is -2.16. The fraction of sp³-hybridized carbons (Fsp3) is 0.273. The number of amides is 2. The minimum atomic E-state index is -0.386. The molecule has 8 heteroatoms. The summed E-state index contributed by atoms with van der Waals surface area (Å²) in [5.41, 5.74) is 2.25. The Morgan fingerprint density at radius 3 is 2.90 bits per heavy atom. The first-order chi connectivity index (χ1) is 14.5. The largest absolute Gasteiger partial charge is 0.347 e. The summed E-state index contributed by atoms with van der Waals surface area (Å²) in [5, 5.41) is 8.43. The number of carbonyl (C=O) groups is 2. The Kier molecular flexibility index (Phi) is 6.90. The molecule has 3 rings (SSSR count). The number of nitrogens with one attached hydrogen (secondary N) is 1. The monoisotopic (exact) mass is 409 g/mol. The van der Waals surface area contributed by atoms with Gasteiger partial charge in [0.2, 0.25) is 5.91 Å². The summed E-state index contributed by atoms with van der Waals surface area (Å²) in [4.78, 5) is 30.2. The normalized spacial score (nSPS) is 13.7. The van der Waals surface area contributed by atoms with Crippen LogP contribution in [0.2, 0.25) is 0 Å². The molecule has 0 bridgehead atoms. The third-order valence-corrected chi connectivity index (χ3v) is 4.69. The molecule has 0 unspecified atom stereocenters. The zero-order valence-corrected chi connectivity index (χ0v) is 16.8. The van der Waals surface area contributed by atoms with Crippen molar-refractivity contribution in [2.75, 3.05) is 18.5 Å². The van der Waals surface area contributed by atoms with Crippen LogP contribution >= 0.6 is 0 Å². The van der Waals surface area contributed by atoms with Crippen molar-refractivity contribution in [2.24, 2.45) is 5.10 Å². The van der Waals surface area contributed by atoms with Crippen LogP contribution in [0.15, 0.2) is 54.4 Å². The molecule has 156 valence electrons. The van der Waals surface area contributed by atoms with E-state index in [0.717, 1.165) is 12.0 Å². The second kappa shape index (κ2) is 9.78. The van der Waals surface area contributed by atoms with E-state index in [4.69, 9.17) is 0 Å². The molecular weight excluding hydrogens is 385 g/mol. The molecule has 1 saturated heterocycles. The number of rotatable bonds is 8. The van der Waals surface area contributed by atoms with E-state index in [2.05, 4.69) is 22.0 Å². The van der Waals surface area contributed by atoms with E-state index in [1.54, 1.807) is 41.5 Å². The van der Waals surface area contributed by atoms with Crippen LogP contribution in [0.3, 0.4) is 0 Å². The van der Waals surface area contributed by atoms with Gasteiger partial charge in [-0.1, -0.05) is 12.6 Å². The van der Waals surface area contributed by atoms with Gasteiger partial charge in [-0.2, -0.15) is 5.10 Å². The highest BCUT2D eigenvalue weighted by Crippen LogP contribution is 2.21. The predicted molar refractivity (Wildman–Crippen MR) is 114 cm³/mol. The third kappa shape index (κ3) is 5.50. The molecule has 0 radical (unpaired) electrons. The fourth-order valence-corrected chi connectivity index (χ4v) is 3.16. The summed E-state index contributed by atoms with van der Waals surface area (Å²) in [7, 11) is 1.75. The number of anilines is 1. The minimum absolute atomic E-state index is 0.0441. The maximum absolute atomic E-state index is 14.0. The number of hydrazone groups is 1. The molecule has 1 aromatic heterocycles. The van der Waals surface area contributed by atoms with Crippen molar-refractivity contribution in [3.8, 4) is 0 Å². The molecule has 7 nitrogen and oxygen atoms in total. The molecule has 1 fully saturated rings. The van der Waals surface area contributed by atoms with Crippen molar-refractivity contribution in [2.45, 2.75) is 25.8 Å². The first-order valence-corrected chi connectivity index (χ1v) is 9.67. The van der Waals surface area contributed by atoms with Gasteiger partial charge in [0.1, 0.15) is 11.5 Å². The quantitative estimate of drug-likeness (QED) is 0.537. The molecule has 0 saturated carbocycles. The zero-order chi connectivity index (χ0) is 21.5. The van der Waals surface area contributed by atoms with Crippen molar-refractivity contribution in [1.82, 2.24) is 15.3 Å². The van der Waals surface area contributed by atoms with Gasteiger partial charge < -0.3 is 10.2 Å². The Balaban J connectivity index is 1.64. The molecule has 2 heterocycles. The van der Waals surface area contributed by atoms with Gasteiger partial charge in [-0.05, 0) is 41.8 Å². The van der Waals surface area contributed by atoms with Crippen LogP contribution in [0.4, 0.5) is 10.1 Å². The highest BCUT2D eigenvalue weighted by molar-refractivity contribution is 5.98. The molecule has 1 aromatic carbocycles. The topological polar surface area (TPSA) is 77.9 Å². The van der Waals surface area contributed by atoms with Crippen LogP contribution in [0.5, 0.6) is 0 Å². The Morgan fingerprint density at radius 1 is 1.37 bits per heavy atom. The van der Waals surface area contributed by atoms with Crippen LogP contribution in [-0.4, -0.2) is 41.6 Å². The summed E-state index contributed by atoms with van der Waals surface area (Å²) in [6.07, 6.45) is 6.50. The van der Waals surface area contributed by atoms with Gasteiger partial charge in [0, 0.05) is 57.3 Å². The number of hydrogen-bond donors (Lipinski definition) is 1. The van der Waals surface area contributed by atoms with E-state index in [1.807, 2.05) is 6.07 Å². The van der Waals surface area contributed by atoms with Crippen molar-refractivity contribution < 1.29 is 14.0 Å². The van der Waals surface area contributed by atoms with Crippen molar-refractivity contribution in [1.29, 1.82) is 0 Å². The number of pyridine rings is 1. The first kappa shape index (κ1) is 21.2. The number of halogens is 1. The lowest BCUT2D eigenvalue weighted by atomic mass is 10.1. The Labute approximate surface area is 174 Å². The van der Waals surface area contributed by atoms with Gasteiger partial charge in [0.25, 0.3) is 5.91 Å². The number of aromatic nitrogens is 1. The van der Waals surface area contributed by atoms with Crippen LogP contribution in [0.1, 0.15) is 34.5 Å². The van der Waals surface area contributed by atoms with Crippen LogP contribution in [0.25, 0.3) is 0 Å². The van der Waals surface area contributed by atoms with E-state index < -0.39 is 0 Å². The fourth-order valence-electron chi connectivity index (χ4n) is 3.16. The maximum atomic E-state index is 14.0. The summed E-state index contributed by atoms with van der Waals surface area (Å²) >= 11 is 0. The number of carbonyl (C=O) groups excluding carboxylic acids is 2. The molecule has 1 N–H and O–H groups in total. The molecule has 0 aliphatic carbocycles. The van der Waals surface area contributed by atoms with Crippen LogP contribution in [-0.2, 0) is 17.8 Å². The van der Waals surface area contributed by atoms with E-state index in [-0.39, 0.29) is 29.9 Å². The molecule has 0 spiro atoms. The standard InChI is InChI=1S/C22H24FN5O2/c1-3-27(2)26-9-6-16-11-17(13-18(23)12-16)15-25-22(30)20-14-19(7-8-24-20)28-10-4-5-21(28)29/h3,7-9,11-14H,1,4-6,10,15H2,2H3,(H,25,30)/b26-9-. The molecule has 0 atom stereocenters. The lowest BCUT2D eigenvalue weighted by molar-refractivity contribution is -0.117. The zero-order valence-electron chi connectivity index (χ0n) is 16.8. The van der Waals surface area contributed by atoms with E-state index >= 15 is 0 Å². The first-order valence-electron chi connectivity index (χ1n) is 9.67. The molecule has 2 aromatic rings. The molecule has 1 aliphatic rings. The van der Waals surface area contributed by atoms with Crippen molar-refractivity contribution in [3.05, 3.63) is 71.9 Å². The summed E-state index contributed by atoms with van der Waals surface area (Å²) in [5.74, 6) is -0.721. The SMILES string of the molecule is C=CN(C)/N=C\Cc1cc(F)cc(CNC(=O)c2cc(N3CCCC3=O)ccn2)c1. The molecule has 1 aliphatic heterocycles. The molecular formula is C22H24FN5O2. The smallest absolute Gasteiger partial charge is 0.270 e. The number of hydrogen-bond acceptors (Lipinski definition) is 5.